The molecular weight excluding hydrogens is 299 g/mol. The molecule has 0 radical (unpaired) electrons. The van der Waals surface area contributed by atoms with Gasteiger partial charge < -0.3 is 9.15 Å². The first-order valence-corrected chi connectivity index (χ1v) is 6.49. The molecule has 0 fully saturated rings. The zero-order chi connectivity index (χ0) is 13.3. The van der Waals surface area contributed by atoms with Crippen LogP contribution < -0.4 is 4.74 Å². The van der Waals surface area contributed by atoms with Gasteiger partial charge in [0, 0.05) is 11.1 Å². The number of alkyl halides is 1. The Morgan fingerprint density at radius 1 is 1.22 bits per heavy atom. The molecule has 0 spiro atoms. The Kier molecular flexibility index (Phi) is 3.76. The van der Waals surface area contributed by atoms with Crippen molar-refractivity contribution in [2.75, 3.05) is 7.11 Å². The second-order valence-electron chi connectivity index (χ2n) is 4.12. The van der Waals surface area contributed by atoms with E-state index in [1.807, 2.05) is 19.9 Å². The summed E-state index contributed by atoms with van der Waals surface area (Å²) in [5, 5.41) is 0. The Hall–Kier alpha value is -1.29. The van der Waals surface area contributed by atoms with Crippen LogP contribution in [0.15, 0.2) is 28.7 Å². The van der Waals surface area contributed by atoms with Crippen LogP contribution >= 0.6 is 15.9 Å². The largest absolute Gasteiger partial charge is 0.496 e. The molecule has 2 aromatic rings. The predicted octanol–water partition coefficient (Wildman–Crippen LogP) is 4.53. The Bertz CT molecular complexity index is 563. The molecule has 18 heavy (non-hydrogen) atoms. The average molecular weight is 313 g/mol. The molecule has 4 heteroatoms. The van der Waals surface area contributed by atoms with E-state index in [1.54, 1.807) is 13.2 Å². The summed E-state index contributed by atoms with van der Waals surface area (Å²) in [4.78, 5) is -0.152. The number of benzene rings is 1. The minimum Gasteiger partial charge on any atom is -0.496 e. The maximum absolute atomic E-state index is 13.4. The molecule has 0 saturated carbocycles. The monoisotopic (exact) mass is 312 g/mol. The van der Waals surface area contributed by atoms with Crippen molar-refractivity contribution in [1.82, 2.24) is 0 Å². The Labute approximate surface area is 114 Å². The third kappa shape index (κ3) is 2.43. The Balaban J connectivity index is 2.48. The molecular formula is C14H14BrFO2. The number of hydrogen-bond donors (Lipinski definition) is 0. The molecule has 96 valence electrons. The Morgan fingerprint density at radius 3 is 2.50 bits per heavy atom. The highest BCUT2D eigenvalue weighted by atomic mass is 79.9. The van der Waals surface area contributed by atoms with E-state index in [2.05, 4.69) is 15.9 Å². The molecule has 1 aromatic heterocycles. The van der Waals surface area contributed by atoms with Crippen molar-refractivity contribution in [2.45, 2.75) is 18.7 Å². The average Bonchev–Trinajstić information content (AvgIpc) is 2.67. The number of ether oxygens (including phenoxy) is 1. The molecule has 0 aliphatic carbocycles. The van der Waals surface area contributed by atoms with Crippen molar-refractivity contribution in [2.24, 2.45) is 0 Å². The smallest absolute Gasteiger partial charge is 0.123 e. The van der Waals surface area contributed by atoms with E-state index in [1.165, 1.54) is 12.1 Å². The molecule has 0 saturated heterocycles. The van der Waals surface area contributed by atoms with Crippen LogP contribution in [0, 0.1) is 19.7 Å². The molecule has 1 aromatic carbocycles. The van der Waals surface area contributed by atoms with Crippen LogP contribution in [0.1, 0.15) is 27.5 Å². The van der Waals surface area contributed by atoms with Gasteiger partial charge in [-0.05, 0) is 38.1 Å². The fourth-order valence-corrected chi connectivity index (χ4v) is 2.79. The molecule has 1 unspecified atom stereocenters. The number of aryl methyl sites for hydroxylation is 2. The minimum atomic E-state index is -0.284. The zero-order valence-corrected chi connectivity index (χ0v) is 12.0. The molecule has 2 rings (SSSR count). The molecule has 1 atom stereocenters. The summed E-state index contributed by atoms with van der Waals surface area (Å²) in [6.45, 7) is 3.78. The topological polar surface area (TPSA) is 22.4 Å². The lowest BCUT2D eigenvalue weighted by Gasteiger charge is -2.13. The lowest BCUT2D eigenvalue weighted by molar-refractivity contribution is 0.409. The molecule has 0 aliphatic heterocycles. The van der Waals surface area contributed by atoms with E-state index in [0.29, 0.717) is 5.75 Å². The van der Waals surface area contributed by atoms with Gasteiger partial charge in [0.1, 0.15) is 23.1 Å². The number of halogens is 2. The second kappa shape index (κ2) is 5.14. The van der Waals surface area contributed by atoms with Crippen LogP contribution in [0.4, 0.5) is 4.39 Å². The molecule has 0 aliphatic rings. The SMILES string of the molecule is COc1ccc(F)cc1C(Br)c1cc(C)oc1C. The van der Waals surface area contributed by atoms with Crippen LogP contribution in [-0.2, 0) is 0 Å². The van der Waals surface area contributed by atoms with Gasteiger partial charge in [0.05, 0.1) is 11.9 Å². The van der Waals surface area contributed by atoms with E-state index in [9.17, 15) is 4.39 Å². The van der Waals surface area contributed by atoms with Gasteiger partial charge in [-0.2, -0.15) is 0 Å². The molecule has 0 N–H and O–H groups in total. The molecule has 0 amide bonds. The predicted molar refractivity (Wildman–Crippen MR) is 71.9 cm³/mol. The van der Waals surface area contributed by atoms with Gasteiger partial charge in [-0.25, -0.2) is 4.39 Å². The van der Waals surface area contributed by atoms with E-state index >= 15 is 0 Å². The van der Waals surface area contributed by atoms with Crippen molar-refractivity contribution < 1.29 is 13.5 Å². The van der Waals surface area contributed by atoms with Crippen molar-refractivity contribution in [3.8, 4) is 5.75 Å². The third-order valence-electron chi connectivity index (χ3n) is 2.82. The summed E-state index contributed by atoms with van der Waals surface area (Å²) in [5.74, 6) is 2.02. The molecule has 2 nitrogen and oxygen atoms in total. The van der Waals surface area contributed by atoms with Crippen LogP contribution in [0.3, 0.4) is 0 Å². The summed E-state index contributed by atoms with van der Waals surface area (Å²) in [6.07, 6.45) is 0. The van der Waals surface area contributed by atoms with E-state index in [0.717, 1.165) is 22.6 Å². The van der Waals surface area contributed by atoms with Crippen LogP contribution in [0.2, 0.25) is 0 Å². The highest BCUT2D eigenvalue weighted by molar-refractivity contribution is 9.09. The third-order valence-corrected chi connectivity index (χ3v) is 3.80. The second-order valence-corrected chi connectivity index (χ2v) is 5.03. The standard InChI is InChI=1S/C14H14BrFO2/c1-8-6-11(9(2)18-8)14(15)12-7-10(16)4-5-13(12)17-3/h4-7,14H,1-3H3. The van der Waals surface area contributed by atoms with Crippen LogP contribution in [0.5, 0.6) is 5.75 Å². The van der Waals surface area contributed by atoms with Gasteiger partial charge in [0.2, 0.25) is 0 Å². The number of furan rings is 1. The summed E-state index contributed by atoms with van der Waals surface area (Å²) < 4.78 is 24.1. The van der Waals surface area contributed by atoms with Crippen molar-refractivity contribution >= 4 is 15.9 Å². The van der Waals surface area contributed by atoms with E-state index in [-0.39, 0.29) is 10.6 Å². The van der Waals surface area contributed by atoms with Gasteiger partial charge >= 0.3 is 0 Å². The number of hydrogen-bond acceptors (Lipinski definition) is 2. The van der Waals surface area contributed by atoms with Gasteiger partial charge in [-0.15, -0.1) is 0 Å². The van der Waals surface area contributed by atoms with Crippen molar-refractivity contribution in [3.63, 3.8) is 0 Å². The van der Waals surface area contributed by atoms with Crippen LogP contribution in [-0.4, -0.2) is 7.11 Å². The quantitative estimate of drug-likeness (QED) is 0.777. The first kappa shape index (κ1) is 13.1. The fraction of sp³-hybridized carbons (Fsp3) is 0.286. The van der Waals surface area contributed by atoms with Gasteiger partial charge in [0.25, 0.3) is 0 Å². The van der Waals surface area contributed by atoms with Gasteiger partial charge in [-0.1, -0.05) is 15.9 Å². The summed E-state index contributed by atoms with van der Waals surface area (Å²) in [7, 11) is 1.57. The first-order valence-electron chi connectivity index (χ1n) is 5.57. The van der Waals surface area contributed by atoms with Gasteiger partial charge in [0.15, 0.2) is 0 Å². The zero-order valence-electron chi connectivity index (χ0n) is 10.5. The lowest BCUT2D eigenvalue weighted by atomic mass is 10.0. The number of rotatable bonds is 3. The minimum absolute atomic E-state index is 0.152. The van der Waals surface area contributed by atoms with Gasteiger partial charge in [-0.3, -0.25) is 0 Å². The van der Waals surface area contributed by atoms with E-state index < -0.39 is 0 Å². The first-order chi connectivity index (χ1) is 8.52. The normalized spacial score (nSPS) is 12.5. The summed E-state index contributed by atoms with van der Waals surface area (Å²) in [6, 6.07) is 6.43. The maximum Gasteiger partial charge on any atom is 0.123 e. The summed E-state index contributed by atoms with van der Waals surface area (Å²) in [5.41, 5.74) is 1.73. The van der Waals surface area contributed by atoms with Crippen molar-refractivity contribution in [3.05, 3.63) is 52.7 Å². The fourth-order valence-electron chi connectivity index (χ4n) is 1.97. The maximum atomic E-state index is 13.4. The number of methoxy groups -OCH3 is 1. The highest BCUT2D eigenvalue weighted by Gasteiger charge is 2.20. The summed E-state index contributed by atoms with van der Waals surface area (Å²) >= 11 is 3.58. The Morgan fingerprint density at radius 2 is 1.94 bits per heavy atom. The lowest BCUT2D eigenvalue weighted by Crippen LogP contribution is -1.98. The highest BCUT2D eigenvalue weighted by Crippen LogP contribution is 2.39. The molecule has 0 bridgehead atoms. The van der Waals surface area contributed by atoms with Crippen LogP contribution in [0.25, 0.3) is 0 Å². The van der Waals surface area contributed by atoms with Crippen molar-refractivity contribution in [1.29, 1.82) is 0 Å². The van der Waals surface area contributed by atoms with E-state index in [4.69, 9.17) is 9.15 Å². The molecule has 1 heterocycles.